The molecule has 0 atom stereocenters. The van der Waals surface area contributed by atoms with Crippen molar-refractivity contribution in [1.29, 1.82) is 0 Å². The minimum absolute atomic E-state index is 0.722. The summed E-state index contributed by atoms with van der Waals surface area (Å²) < 4.78 is 2.12. The Labute approximate surface area is 107 Å². The van der Waals surface area contributed by atoms with Gasteiger partial charge in [-0.05, 0) is 19.1 Å². The fourth-order valence-corrected chi connectivity index (χ4v) is 1.80. The molecule has 0 bridgehead atoms. The number of rotatable bonds is 6. The van der Waals surface area contributed by atoms with Gasteiger partial charge in [-0.25, -0.2) is 4.98 Å². The molecule has 1 N–H and O–H groups in total. The van der Waals surface area contributed by atoms with Crippen molar-refractivity contribution >= 4 is 5.95 Å². The van der Waals surface area contributed by atoms with Gasteiger partial charge in [0.2, 0.25) is 5.95 Å². The Kier molecular flexibility index (Phi) is 4.12. The van der Waals surface area contributed by atoms with Crippen molar-refractivity contribution in [2.45, 2.75) is 19.9 Å². The highest BCUT2D eigenvalue weighted by Crippen LogP contribution is 2.09. The third kappa shape index (κ3) is 3.20. The van der Waals surface area contributed by atoms with E-state index < -0.39 is 0 Å². The lowest BCUT2D eigenvalue weighted by Gasteiger charge is -2.07. The molecule has 94 valence electrons. The average molecular weight is 242 g/mol. The van der Waals surface area contributed by atoms with Gasteiger partial charge in [0.25, 0.3) is 0 Å². The number of anilines is 1. The first-order valence-electron chi connectivity index (χ1n) is 6.08. The van der Waals surface area contributed by atoms with E-state index in [1.54, 1.807) is 0 Å². The zero-order valence-corrected chi connectivity index (χ0v) is 10.6. The third-order valence-electron chi connectivity index (χ3n) is 2.64. The second-order valence-corrected chi connectivity index (χ2v) is 4.14. The number of imidazole rings is 1. The zero-order valence-electron chi connectivity index (χ0n) is 10.6. The van der Waals surface area contributed by atoms with E-state index in [0.29, 0.717) is 0 Å². The Bertz CT molecular complexity index is 502. The molecule has 2 rings (SSSR count). The standard InChI is InChI=1S/C14H18N4/c1-3-8-16-14-17-12(2)11-18(14)10-7-13-6-4-5-9-15-13/h3-6,9,11H,1,7-8,10H2,2H3,(H,16,17). The van der Waals surface area contributed by atoms with Crippen molar-refractivity contribution in [3.8, 4) is 0 Å². The van der Waals surface area contributed by atoms with Gasteiger partial charge in [-0.1, -0.05) is 12.1 Å². The lowest BCUT2D eigenvalue weighted by Crippen LogP contribution is -2.08. The van der Waals surface area contributed by atoms with Gasteiger partial charge in [0.1, 0.15) is 0 Å². The van der Waals surface area contributed by atoms with E-state index in [1.807, 2.05) is 43.6 Å². The van der Waals surface area contributed by atoms with Gasteiger partial charge in [0.05, 0.1) is 5.69 Å². The Hall–Kier alpha value is -2.10. The molecular weight excluding hydrogens is 224 g/mol. The second-order valence-electron chi connectivity index (χ2n) is 4.14. The van der Waals surface area contributed by atoms with Crippen molar-refractivity contribution in [2.24, 2.45) is 0 Å². The van der Waals surface area contributed by atoms with Gasteiger partial charge < -0.3 is 9.88 Å². The monoisotopic (exact) mass is 242 g/mol. The van der Waals surface area contributed by atoms with Crippen LogP contribution in [-0.2, 0) is 13.0 Å². The molecule has 0 aliphatic rings. The second kappa shape index (κ2) is 6.00. The van der Waals surface area contributed by atoms with Crippen LogP contribution < -0.4 is 5.32 Å². The first-order valence-corrected chi connectivity index (χ1v) is 6.08. The Morgan fingerprint density at radius 3 is 3.06 bits per heavy atom. The summed E-state index contributed by atoms with van der Waals surface area (Å²) in [6.45, 7) is 7.29. The predicted molar refractivity (Wildman–Crippen MR) is 73.6 cm³/mol. The first-order chi connectivity index (χ1) is 8.79. The lowest BCUT2D eigenvalue weighted by atomic mass is 10.3. The quantitative estimate of drug-likeness (QED) is 0.791. The van der Waals surface area contributed by atoms with E-state index in [2.05, 4.69) is 26.4 Å². The Morgan fingerprint density at radius 1 is 1.44 bits per heavy atom. The number of nitrogens with one attached hydrogen (secondary N) is 1. The van der Waals surface area contributed by atoms with Crippen LogP contribution in [0.2, 0.25) is 0 Å². The molecule has 18 heavy (non-hydrogen) atoms. The fraction of sp³-hybridized carbons (Fsp3) is 0.286. The minimum Gasteiger partial charge on any atom is -0.352 e. The summed E-state index contributed by atoms with van der Waals surface area (Å²) in [5.41, 5.74) is 2.11. The van der Waals surface area contributed by atoms with Gasteiger partial charge in [0, 0.05) is 37.6 Å². The zero-order chi connectivity index (χ0) is 12.8. The predicted octanol–water partition coefficient (Wildman–Crippen LogP) is 2.43. The van der Waals surface area contributed by atoms with Crippen molar-refractivity contribution in [3.63, 3.8) is 0 Å². The van der Waals surface area contributed by atoms with E-state index in [0.717, 1.165) is 36.8 Å². The minimum atomic E-state index is 0.722. The Morgan fingerprint density at radius 2 is 2.33 bits per heavy atom. The summed E-state index contributed by atoms with van der Waals surface area (Å²) in [5, 5.41) is 3.23. The normalized spacial score (nSPS) is 10.3. The number of hydrogen-bond acceptors (Lipinski definition) is 3. The SMILES string of the molecule is C=CCNc1nc(C)cn1CCc1ccccn1. The number of aromatic nitrogens is 3. The molecule has 0 fully saturated rings. The molecule has 2 heterocycles. The molecule has 0 aliphatic carbocycles. The summed E-state index contributed by atoms with van der Waals surface area (Å²) in [5.74, 6) is 0.892. The largest absolute Gasteiger partial charge is 0.352 e. The smallest absolute Gasteiger partial charge is 0.203 e. The Balaban J connectivity index is 2.02. The summed E-state index contributed by atoms with van der Waals surface area (Å²) in [7, 11) is 0. The van der Waals surface area contributed by atoms with Gasteiger partial charge in [-0.15, -0.1) is 6.58 Å². The van der Waals surface area contributed by atoms with E-state index in [4.69, 9.17) is 0 Å². The first kappa shape index (κ1) is 12.4. The fourth-order valence-electron chi connectivity index (χ4n) is 1.80. The van der Waals surface area contributed by atoms with Crippen LogP contribution in [0.15, 0.2) is 43.2 Å². The maximum absolute atomic E-state index is 4.44. The van der Waals surface area contributed by atoms with Crippen LogP contribution in [0.5, 0.6) is 0 Å². The van der Waals surface area contributed by atoms with Gasteiger partial charge >= 0.3 is 0 Å². The third-order valence-corrected chi connectivity index (χ3v) is 2.64. The van der Waals surface area contributed by atoms with Crippen LogP contribution in [0.25, 0.3) is 0 Å². The summed E-state index contributed by atoms with van der Waals surface area (Å²) in [6.07, 6.45) is 6.60. The molecule has 4 nitrogen and oxygen atoms in total. The van der Waals surface area contributed by atoms with Gasteiger partial charge in [0.15, 0.2) is 0 Å². The van der Waals surface area contributed by atoms with Crippen molar-refractivity contribution in [2.75, 3.05) is 11.9 Å². The van der Waals surface area contributed by atoms with Crippen molar-refractivity contribution < 1.29 is 0 Å². The molecular formula is C14H18N4. The molecule has 0 saturated heterocycles. The number of hydrogen-bond donors (Lipinski definition) is 1. The van der Waals surface area contributed by atoms with Gasteiger partial charge in [-0.3, -0.25) is 4.98 Å². The molecule has 0 saturated carbocycles. The van der Waals surface area contributed by atoms with Crippen molar-refractivity contribution in [3.05, 3.63) is 54.6 Å². The highest BCUT2D eigenvalue weighted by molar-refractivity contribution is 5.29. The molecule has 0 amide bonds. The number of nitrogens with zero attached hydrogens (tertiary/aromatic N) is 3. The van der Waals surface area contributed by atoms with Crippen LogP contribution in [0.3, 0.4) is 0 Å². The van der Waals surface area contributed by atoms with Crippen LogP contribution >= 0.6 is 0 Å². The van der Waals surface area contributed by atoms with Crippen LogP contribution in [0, 0.1) is 6.92 Å². The van der Waals surface area contributed by atoms with E-state index in [9.17, 15) is 0 Å². The molecule has 0 aliphatic heterocycles. The van der Waals surface area contributed by atoms with E-state index in [1.165, 1.54) is 0 Å². The molecule has 2 aromatic heterocycles. The summed E-state index contributed by atoms with van der Waals surface area (Å²) >= 11 is 0. The topological polar surface area (TPSA) is 42.7 Å². The highest BCUT2D eigenvalue weighted by Gasteiger charge is 2.04. The van der Waals surface area contributed by atoms with E-state index >= 15 is 0 Å². The van der Waals surface area contributed by atoms with Gasteiger partial charge in [-0.2, -0.15) is 0 Å². The molecule has 0 aromatic carbocycles. The van der Waals surface area contributed by atoms with Crippen LogP contribution in [0.1, 0.15) is 11.4 Å². The molecule has 4 heteroatoms. The lowest BCUT2D eigenvalue weighted by molar-refractivity contribution is 0.690. The average Bonchev–Trinajstić information content (AvgIpc) is 2.75. The number of aryl methyl sites for hydroxylation is 3. The summed E-state index contributed by atoms with van der Waals surface area (Å²) in [4.78, 5) is 8.77. The maximum atomic E-state index is 4.44. The number of pyridine rings is 1. The van der Waals surface area contributed by atoms with Crippen LogP contribution in [0.4, 0.5) is 5.95 Å². The highest BCUT2D eigenvalue weighted by atomic mass is 15.2. The molecule has 2 aromatic rings. The van der Waals surface area contributed by atoms with Crippen LogP contribution in [-0.4, -0.2) is 21.1 Å². The molecule has 0 radical (unpaired) electrons. The molecule has 0 unspecified atom stereocenters. The van der Waals surface area contributed by atoms with Crippen molar-refractivity contribution in [1.82, 2.24) is 14.5 Å². The molecule has 0 spiro atoms. The summed E-state index contributed by atoms with van der Waals surface area (Å²) in [6, 6.07) is 5.99. The van der Waals surface area contributed by atoms with E-state index in [-0.39, 0.29) is 0 Å². The maximum Gasteiger partial charge on any atom is 0.203 e.